The van der Waals surface area contributed by atoms with Crippen molar-refractivity contribution in [2.24, 2.45) is 0 Å². The van der Waals surface area contributed by atoms with Crippen LogP contribution in [0.4, 0.5) is 0 Å². The van der Waals surface area contributed by atoms with E-state index >= 15 is 0 Å². The number of piperidine rings is 1. The van der Waals surface area contributed by atoms with Crippen LogP contribution in [-0.4, -0.2) is 54.4 Å². The Morgan fingerprint density at radius 3 is 2.36 bits per heavy atom. The van der Waals surface area contributed by atoms with Gasteiger partial charge >= 0.3 is 5.97 Å². The van der Waals surface area contributed by atoms with Crippen LogP contribution in [0.1, 0.15) is 37.2 Å². The lowest BCUT2D eigenvalue weighted by Crippen LogP contribution is -2.56. The second-order valence-electron chi connectivity index (χ2n) is 7.19. The summed E-state index contributed by atoms with van der Waals surface area (Å²) in [5.41, 5.74) is 0.824. The highest BCUT2D eigenvalue weighted by atomic mass is 16.5. The van der Waals surface area contributed by atoms with Gasteiger partial charge in [-0.2, -0.15) is 0 Å². The summed E-state index contributed by atoms with van der Waals surface area (Å²) in [6.07, 6.45) is 4.36. The van der Waals surface area contributed by atoms with E-state index in [4.69, 9.17) is 4.74 Å². The van der Waals surface area contributed by atoms with Crippen molar-refractivity contribution in [3.8, 4) is 0 Å². The van der Waals surface area contributed by atoms with Gasteiger partial charge in [-0.15, -0.1) is 0 Å². The van der Waals surface area contributed by atoms with Crippen molar-refractivity contribution >= 4 is 5.97 Å². The molecule has 0 radical (unpaired) electrons. The van der Waals surface area contributed by atoms with Crippen molar-refractivity contribution in [1.29, 1.82) is 0 Å². The number of ether oxygens (including phenoxy) is 1. The number of carbonyl (C=O) groups is 1. The molecule has 0 aromatic heterocycles. The van der Waals surface area contributed by atoms with E-state index in [0.29, 0.717) is 12.1 Å². The van der Waals surface area contributed by atoms with Gasteiger partial charge < -0.3 is 14.3 Å². The summed E-state index contributed by atoms with van der Waals surface area (Å²) in [5.74, 6) is -0.853. The number of esters is 1. The maximum absolute atomic E-state index is 12.5. The molecule has 0 spiro atoms. The van der Waals surface area contributed by atoms with E-state index in [1.165, 1.54) is 12.8 Å². The summed E-state index contributed by atoms with van der Waals surface area (Å²) in [7, 11) is 4.59. The lowest BCUT2D eigenvalue weighted by atomic mass is 9.96. The number of aliphatic hydroxyl groups is 1. The molecule has 0 aliphatic carbocycles. The highest BCUT2D eigenvalue weighted by molar-refractivity contribution is 5.78. The van der Waals surface area contributed by atoms with Crippen molar-refractivity contribution in [2.75, 3.05) is 20.7 Å². The van der Waals surface area contributed by atoms with Crippen molar-refractivity contribution in [2.45, 2.75) is 49.8 Å². The van der Waals surface area contributed by atoms with Gasteiger partial charge in [-0.25, -0.2) is 0 Å². The molecule has 2 aliphatic rings. The topological polar surface area (TPSA) is 46.5 Å². The zero-order valence-electron chi connectivity index (χ0n) is 13.4. The first-order valence-electron chi connectivity index (χ1n) is 8.22. The Morgan fingerprint density at radius 2 is 1.82 bits per heavy atom. The molecule has 1 N–H and O–H groups in total. The summed E-state index contributed by atoms with van der Waals surface area (Å²) < 4.78 is 6.83. The third-order valence-corrected chi connectivity index (χ3v) is 5.74. The number of quaternary nitrogens is 1. The van der Waals surface area contributed by atoms with Gasteiger partial charge in [-0.05, 0) is 5.56 Å². The minimum absolute atomic E-state index is 0.00825. The standard InChI is InChI=1S/C18H26NO3/c1-19(2)14-8-9-15(19)11-16(10-14)22-18(21)17(12-20)13-6-4-3-5-7-13/h3-7,14-17,20H,8-12H2,1-2H3/q+1/t14-,15-,17+/m0/s1. The molecular formula is C18H26NO3+. The molecule has 2 bridgehead atoms. The van der Waals surface area contributed by atoms with Gasteiger partial charge in [-0.1, -0.05) is 30.3 Å². The minimum atomic E-state index is -0.566. The molecule has 0 amide bonds. The van der Waals surface area contributed by atoms with Crippen LogP contribution in [0.25, 0.3) is 0 Å². The van der Waals surface area contributed by atoms with Crippen molar-refractivity contribution in [3.63, 3.8) is 0 Å². The molecular weight excluding hydrogens is 278 g/mol. The molecule has 22 heavy (non-hydrogen) atoms. The van der Waals surface area contributed by atoms with E-state index in [1.807, 2.05) is 30.3 Å². The second kappa shape index (κ2) is 6.01. The summed E-state index contributed by atoms with van der Waals surface area (Å²) in [4.78, 5) is 12.5. The number of benzene rings is 1. The van der Waals surface area contributed by atoms with E-state index in [0.717, 1.165) is 22.9 Å². The van der Waals surface area contributed by atoms with Gasteiger partial charge in [0.05, 0.1) is 32.8 Å². The highest BCUT2D eigenvalue weighted by Crippen LogP contribution is 2.40. The molecule has 3 atom stereocenters. The summed E-state index contributed by atoms with van der Waals surface area (Å²) in [6.45, 7) is -0.204. The van der Waals surface area contributed by atoms with Crippen molar-refractivity contribution in [1.82, 2.24) is 0 Å². The Hall–Kier alpha value is -1.39. The quantitative estimate of drug-likeness (QED) is 0.684. The Balaban J connectivity index is 1.65. The molecule has 3 rings (SSSR count). The van der Waals surface area contributed by atoms with Crippen LogP contribution in [0.3, 0.4) is 0 Å². The maximum atomic E-state index is 12.5. The van der Waals surface area contributed by atoms with Gasteiger partial charge in [0, 0.05) is 25.7 Å². The number of hydrogen-bond donors (Lipinski definition) is 1. The van der Waals surface area contributed by atoms with Gasteiger partial charge in [-0.3, -0.25) is 4.79 Å². The monoisotopic (exact) mass is 304 g/mol. The maximum Gasteiger partial charge on any atom is 0.316 e. The average Bonchev–Trinajstić information content (AvgIpc) is 2.68. The lowest BCUT2D eigenvalue weighted by molar-refractivity contribution is -0.931. The van der Waals surface area contributed by atoms with E-state index in [1.54, 1.807) is 0 Å². The molecule has 0 unspecified atom stereocenters. The summed E-state index contributed by atoms with van der Waals surface area (Å²) >= 11 is 0. The largest absolute Gasteiger partial charge is 0.461 e. The van der Waals surface area contributed by atoms with Gasteiger partial charge in [0.25, 0.3) is 0 Å². The van der Waals surface area contributed by atoms with Crippen LogP contribution >= 0.6 is 0 Å². The van der Waals surface area contributed by atoms with Crippen molar-refractivity contribution in [3.05, 3.63) is 35.9 Å². The van der Waals surface area contributed by atoms with Crippen molar-refractivity contribution < 1.29 is 19.1 Å². The summed E-state index contributed by atoms with van der Waals surface area (Å²) in [6, 6.07) is 10.6. The number of rotatable bonds is 4. The molecule has 4 nitrogen and oxygen atoms in total. The Kier molecular flexibility index (Phi) is 4.24. The molecule has 2 fully saturated rings. The highest BCUT2D eigenvalue weighted by Gasteiger charge is 2.50. The third-order valence-electron chi connectivity index (χ3n) is 5.74. The number of carbonyl (C=O) groups excluding carboxylic acids is 1. The number of hydrogen-bond acceptors (Lipinski definition) is 3. The van der Waals surface area contributed by atoms with Crippen LogP contribution in [-0.2, 0) is 9.53 Å². The van der Waals surface area contributed by atoms with E-state index in [9.17, 15) is 9.90 Å². The van der Waals surface area contributed by atoms with E-state index in [2.05, 4.69) is 14.1 Å². The normalized spacial score (nSPS) is 30.8. The minimum Gasteiger partial charge on any atom is -0.461 e. The molecule has 0 saturated carbocycles. The fourth-order valence-corrected chi connectivity index (χ4v) is 4.17. The first-order chi connectivity index (χ1) is 10.5. The van der Waals surface area contributed by atoms with E-state index in [-0.39, 0.29) is 18.7 Å². The first kappa shape index (κ1) is 15.5. The fourth-order valence-electron chi connectivity index (χ4n) is 4.17. The van der Waals surface area contributed by atoms with Gasteiger partial charge in [0.2, 0.25) is 0 Å². The van der Waals surface area contributed by atoms with E-state index < -0.39 is 5.92 Å². The molecule has 4 heteroatoms. The number of aliphatic hydroxyl groups excluding tert-OH is 1. The fraction of sp³-hybridized carbons (Fsp3) is 0.611. The Labute approximate surface area is 132 Å². The lowest BCUT2D eigenvalue weighted by Gasteiger charge is -2.44. The smallest absolute Gasteiger partial charge is 0.316 e. The Morgan fingerprint density at radius 1 is 1.23 bits per heavy atom. The zero-order valence-corrected chi connectivity index (χ0v) is 13.4. The molecule has 2 heterocycles. The second-order valence-corrected chi connectivity index (χ2v) is 7.19. The van der Waals surface area contributed by atoms with Crippen LogP contribution in [0.5, 0.6) is 0 Å². The predicted octanol–water partition coefficient (Wildman–Crippen LogP) is 2.08. The van der Waals surface area contributed by atoms with Gasteiger partial charge in [0.1, 0.15) is 12.0 Å². The molecule has 1 aromatic rings. The van der Waals surface area contributed by atoms with Crippen LogP contribution in [0.15, 0.2) is 30.3 Å². The predicted molar refractivity (Wildman–Crippen MR) is 84.3 cm³/mol. The van der Waals surface area contributed by atoms with Crippen LogP contribution in [0, 0.1) is 0 Å². The molecule has 2 aliphatic heterocycles. The van der Waals surface area contributed by atoms with Crippen LogP contribution < -0.4 is 0 Å². The average molecular weight is 304 g/mol. The third kappa shape index (κ3) is 2.77. The zero-order chi connectivity index (χ0) is 15.7. The Bertz CT molecular complexity index is 512. The number of nitrogens with zero attached hydrogens (tertiary/aromatic N) is 1. The van der Waals surface area contributed by atoms with Gasteiger partial charge in [0.15, 0.2) is 0 Å². The first-order valence-corrected chi connectivity index (χ1v) is 8.22. The molecule has 2 saturated heterocycles. The molecule has 120 valence electrons. The molecule has 1 aromatic carbocycles. The van der Waals surface area contributed by atoms with Crippen LogP contribution in [0.2, 0.25) is 0 Å². The number of fused-ring (bicyclic) bond motifs is 2. The SMILES string of the molecule is C[N+]1(C)[C@H]2CC[C@H]1CC(OC(=O)[C@H](CO)c1ccccc1)C2. The summed E-state index contributed by atoms with van der Waals surface area (Å²) in [5, 5.41) is 9.57.